The van der Waals surface area contributed by atoms with Crippen LogP contribution in [0.1, 0.15) is 0 Å². The second kappa shape index (κ2) is 4.38. The van der Waals surface area contributed by atoms with Crippen LogP contribution >= 0.6 is 0 Å². The summed E-state index contributed by atoms with van der Waals surface area (Å²) in [6.45, 7) is 6.81. The third-order valence-corrected chi connectivity index (χ3v) is 0.690. The number of rotatable bonds is 3. The van der Waals surface area contributed by atoms with Crippen LogP contribution in [-0.4, -0.2) is 6.21 Å². The van der Waals surface area contributed by atoms with Crippen LogP contribution in [0.2, 0.25) is 0 Å². The van der Waals surface area contributed by atoms with Crippen molar-refractivity contribution < 1.29 is 0 Å². The van der Waals surface area contributed by atoms with Crippen molar-refractivity contribution >= 4 is 6.21 Å². The van der Waals surface area contributed by atoms with Crippen molar-refractivity contribution in [3.05, 3.63) is 36.8 Å². The molecule has 0 radical (unpaired) electrons. The SMILES string of the molecule is C=C/C=C(/N)C=NC(=C)N. The van der Waals surface area contributed by atoms with Crippen LogP contribution in [0.4, 0.5) is 0 Å². The standard InChI is InChI=1S/C7H11N3/c1-3-4-7(9)5-10-6(2)8/h3-5H,1-2,8-9H2/b7-4+,10-5?. The van der Waals surface area contributed by atoms with E-state index in [0.717, 1.165) is 0 Å². The minimum atomic E-state index is 0.236. The zero-order valence-corrected chi connectivity index (χ0v) is 5.75. The summed E-state index contributed by atoms with van der Waals surface area (Å²) in [6.07, 6.45) is 4.61. The van der Waals surface area contributed by atoms with Gasteiger partial charge in [0.2, 0.25) is 0 Å². The van der Waals surface area contributed by atoms with Crippen molar-refractivity contribution in [3.63, 3.8) is 0 Å². The lowest BCUT2D eigenvalue weighted by atomic mass is 10.4. The van der Waals surface area contributed by atoms with Crippen LogP contribution in [0.5, 0.6) is 0 Å². The number of hydrogen-bond acceptors (Lipinski definition) is 3. The molecule has 0 heterocycles. The van der Waals surface area contributed by atoms with E-state index in [1.54, 1.807) is 12.2 Å². The first-order chi connectivity index (χ1) is 4.66. The fourth-order valence-corrected chi connectivity index (χ4v) is 0.337. The predicted molar refractivity (Wildman–Crippen MR) is 44.3 cm³/mol. The molecule has 10 heavy (non-hydrogen) atoms. The van der Waals surface area contributed by atoms with Crippen molar-refractivity contribution in [1.82, 2.24) is 0 Å². The van der Waals surface area contributed by atoms with Gasteiger partial charge >= 0.3 is 0 Å². The number of aliphatic imine (C=N–C) groups is 1. The summed E-state index contributed by atoms with van der Waals surface area (Å²) in [4.78, 5) is 3.66. The van der Waals surface area contributed by atoms with Crippen molar-refractivity contribution in [3.8, 4) is 0 Å². The quantitative estimate of drug-likeness (QED) is 0.440. The maximum absolute atomic E-state index is 5.38. The van der Waals surface area contributed by atoms with Gasteiger partial charge in [0.25, 0.3) is 0 Å². The van der Waals surface area contributed by atoms with Gasteiger partial charge in [-0.25, -0.2) is 4.99 Å². The molecule has 0 fully saturated rings. The lowest BCUT2D eigenvalue weighted by Gasteiger charge is -1.88. The van der Waals surface area contributed by atoms with E-state index in [4.69, 9.17) is 11.5 Å². The van der Waals surface area contributed by atoms with Crippen molar-refractivity contribution in [2.75, 3.05) is 0 Å². The van der Waals surface area contributed by atoms with Crippen LogP contribution in [0.25, 0.3) is 0 Å². The molecule has 3 nitrogen and oxygen atoms in total. The van der Waals surface area contributed by atoms with Crippen molar-refractivity contribution in [2.24, 2.45) is 16.5 Å². The molecule has 0 unspecified atom stereocenters. The Morgan fingerprint density at radius 2 is 2.00 bits per heavy atom. The van der Waals surface area contributed by atoms with Crippen LogP contribution in [0, 0.1) is 0 Å². The maximum atomic E-state index is 5.38. The highest BCUT2D eigenvalue weighted by molar-refractivity contribution is 5.78. The van der Waals surface area contributed by atoms with Crippen molar-refractivity contribution in [2.45, 2.75) is 0 Å². The second-order valence-electron chi connectivity index (χ2n) is 1.65. The Balaban J connectivity index is 4.01. The van der Waals surface area contributed by atoms with Crippen LogP contribution < -0.4 is 11.5 Å². The Morgan fingerprint density at radius 1 is 1.40 bits per heavy atom. The normalized spacial score (nSPS) is 11.8. The van der Waals surface area contributed by atoms with E-state index < -0.39 is 0 Å². The fraction of sp³-hybridized carbons (Fsp3) is 0. The van der Waals surface area contributed by atoms with Gasteiger partial charge in [0.1, 0.15) is 5.82 Å². The summed E-state index contributed by atoms with van der Waals surface area (Å²) in [5.41, 5.74) is 11.0. The summed E-state index contributed by atoms with van der Waals surface area (Å²) in [5.74, 6) is 0.236. The molecular weight excluding hydrogens is 126 g/mol. The zero-order valence-electron chi connectivity index (χ0n) is 5.75. The highest BCUT2D eigenvalue weighted by Crippen LogP contribution is 1.82. The minimum Gasteiger partial charge on any atom is -0.397 e. The number of allylic oxidation sites excluding steroid dienone is 3. The monoisotopic (exact) mass is 137 g/mol. The van der Waals surface area contributed by atoms with E-state index in [0.29, 0.717) is 5.70 Å². The molecule has 0 saturated carbocycles. The topological polar surface area (TPSA) is 64.4 Å². The van der Waals surface area contributed by atoms with E-state index in [-0.39, 0.29) is 5.82 Å². The first kappa shape index (κ1) is 8.49. The lowest BCUT2D eigenvalue weighted by molar-refractivity contribution is 1.27. The fourth-order valence-electron chi connectivity index (χ4n) is 0.337. The third-order valence-electron chi connectivity index (χ3n) is 0.690. The van der Waals surface area contributed by atoms with Gasteiger partial charge in [-0.15, -0.1) is 0 Å². The summed E-state index contributed by atoms with van der Waals surface area (Å²) in [5, 5.41) is 0. The zero-order chi connectivity index (χ0) is 7.98. The van der Waals surface area contributed by atoms with Crippen LogP contribution in [0.15, 0.2) is 41.8 Å². The molecule has 0 atom stereocenters. The molecule has 0 aromatic heterocycles. The summed E-state index contributed by atoms with van der Waals surface area (Å²) >= 11 is 0. The van der Waals surface area contributed by atoms with Gasteiger partial charge in [-0.1, -0.05) is 19.2 Å². The molecule has 0 bridgehead atoms. The third kappa shape index (κ3) is 4.64. The summed E-state index contributed by atoms with van der Waals surface area (Å²) < 4.78 is 0. The van der Waals surface area contributed by atoms with Gasteiger partial charge in [0.15, 0.2) is 0 Å². The molecule has 0 aliphatic carbocycles. The first-order valence-electron chi connectivity index (χ1n) is 2.73. The van der Waals surface area contributed by atoms with Gasteiger partial charge in [-0.3, -0.25) is 0 Å². The molecule has 0 amide bonds. The average Bonchev–Trinajstić information content (AvgIpc) is 1.85. The number of nitrogens with two attached hydrogens (primary N) is 2. The Labute approximate surface area is 60.4 Å². The van der Waals surface area contributed by atoms with Gasteiger partial charge in [-0.05, 0) is 6.08 Å². The van der Waals surface area contributed by atoms with Crippen molar-refractivity contribution in [1.29, 1.82) is 0 Å². The molecule has 54 valence electrons. The molecule has 0 saturated heterocycles. The Bertz CT molecular complexity index is 189. The molecule has 4 N–H and O–H groups in total. The van der Waals surface area contributed by atoms with E-state index in [1.165, 1.54) is 6.21 Å². The highest BCUT2D eigenvalue weighted by atomic mass is 14.9. The Kier molecular flexibility index (Phi) is 3.72. The number of hydrogen-bond donors (Lipinski definition) is 2. The van der Waals surface area contributed by atoms with E-state index >= 15 is 0 Å². The predicted octanol–water partition coefficient (Wildman–Crippen LogP) is 0.516. The van der Waals surface area contributed by atoms with Gasteiger partial charge in [0.05, 0.1) is 11.9 Å². The molecular formula is C7H11N3. The van der Waals surface area contributed by atoms with E-state index in [1.807, 2.05) is 0 Å². The molecule has 0 spiro atoms. The molecule has 0 aromatic rings. The summed E-state index contributed by atoms with van der Waals surface area (Å²) in [7, 11) is 0. The minimum absolute atomic E-state index is 0.236. The highest BCUT2D eigenvalue weighted by Gasteiger charge is 1.78. The average molecular weight is 137 g/mol. The maximum Gasteiger partial charge on any atom is 0.116 e. The van der Waals surface area contributed by atoms with Gasteiger partial charge in [0, 0.05) is 0 Å². The summed E-state index contributed by atoms with van der Waals surface area (Å²) in [6, 6.07) is 0. The second-order valence-corrected chi connectivity index (χ2v) is 1.65. The molecule has 0 aliphatic heterocycles. The Hall–Kier alpha value is -1.51. The van der Waals surface area contributed by atoms with E-state index in [9.17, 15) is 0 Å². The number of nitrogens with zero attached hydrogens (tertiary/aromatic N) is 1. The molecule has 3 heteroatoms. The van der Waals surface area contributed by atoms with Crippen LogP contribution in [-0.2, 0) is 0 Å². The van der Waals surface area contributed by atoms with Crippen LogP contribution in [0.3, 0.4) is 0 Å². The smallest absolute Gasteiger partial charge is 0.116 e. The molecule has 0 rings (SSSR count). The first-order valence-corrected chi connectivity index (χ1v) is 2.73. The van der Waals surface area contributed by atoms with E-state index in [2.05, 4.69) is 18.2 Å². The van der Waals surface area contributed by atoms with Gasteiger partial charge in [-0.2, -0.15) is 0 Å². The molecule has 0 aliphatic rings. The largest absolute Gasteiger partial charge is 0.397 e. The molecule has 0 aromatic carbocycles. The Morgan fingerprint density at radius 3 is 2.40 bits per heavy atom. The van der Waals surface area contributed by atoms with Gasteiger partial charge < -0.3 is 11.5 Å². The lowest BCUT2D eigenvalue weighted by Crippen LogP contribution is -1.99.